The topological polar surface area (TPSA) is 79.5 Å². The first-order valence-electron chi connectivity index (χ1n) is 10.5. The predicted molar refractivity (Wildman–Crippen MR) is 117 cm³/mol. The van der Waals surface area contributed by atoms with E-state index >= 15 is 0 Å². The van der Waals surface area contributed by atoms with Crippen LogP contribution < -0.4 is 15.4 Å². The van der Waals surface area contributed by atoms with E-state index in [1.54, 1.807) is 11.8 Å². The van der Waals surface area contributed by atoms with Crippen LogP contribution in [0, 0.1) is 5.92 Å². The third-order valence-electron chi connectivity index (χ3n) is 4.40. The van der Waals surface area contributed by atoms with Crippen LogP contribution in [0.15, 0.2) is 21.2 Å². The van der Waals surface area contributed by atoms with Crippen molar-refractivity contribution in [2.24, 2.45) is 5.92 Å². The monoisotopic (exact) mass is 413 g/mol. The Kier molecular flexibility index (Phi) is 12.3. The van der Waals surface area contributed by atoms with E-state index in [1.165, 1.54) is 5.57 Å². The van der Waals surface area contributed by atoms with Crippen LogP contribution in [0.4, 0.5) is 0 Å². The van der Waals surface area contributed by atoms with E-state index < -0.39 is 6.23 Å². The van der Waals surface area contributed by atoms with Crippen molar-refractivity contribution in [3.05, 3.63) is 17.5 Å². The molecule has 162 valence electrons. The second kappa shape index (κ2) is 13.9. The van der Waals surface area contributed by atoms with Crippen molar-refractivity contribution >= 4 is 11.8 Å². The molecule has 0 aliphatic carbocycles. The molecule has 0 aromatic carbocycles. The Morgan fingerprint density at radius 2 is 2.07 bits per heavy atom. The standard InChI is InChI=1S/C21H39N3O3S/c1-7-10-17(9-3)28-19-18(27-24-21(19)26-12-11-22-6)20(25)23-14-16(8-2)13-15(4)5/h14-15,17,20,22-23,25H,7-13H2,1-6H3/b16-14+. The Hall–Kier alpha value is -1.18. The fraction of sp³-hybridized carbons (Fsp3) is 0.762. The summed E-state index contributed by atoms with van der Waals surface area (Å²) >= 11 is 1.69. The highest BCUT2D eigenvalue weighted by molar-refractivity contribution is 8.00. The number of ether oxygens (including phenoxy) is 1. The number of thioether (sulfide) groups is 1. The Bertz CT molecular complexity index is 575. The minimum absolute atomic E-state index is 0.426. The number of hydrogen-bond acceptors (Lipinski definition) is 7. The van der Waals surface area contributed by atoms with Crippen molar-refractivity contribution in [3.8, 4) is 5.88 Å². The van der Waals surface area contributed by atoms with Gasteiger partial charge in [-0.05, 0) is 50.0 Å². The molecule has 0 saturated heterocycles. The lowest BCUT2D eigenvalue weighted by atomic mass is 10.0. The lowest BCUT2D eigenvalue weighted by Crippen LogP contribution is -2.17. The molecule has 0 bridgehead atoms. The molecule has 0 fully saturated rings. The SMILES string of the molecule is CCCC(CC)Sc1c(OCCNC)noc1C(O)N/C=C(\CC)CC(C)C. The summed E-state index contributed by atoms with van der Waals surface area (Å²) in [5.74, 6) is 1.47. The van der Waals surface area contributed by atoms with Crippen LogP contribution in [-0.4, -0.2) is 35.7 Å². The molecule has 1 rings (SSSR count). The minimum atomic E-state index is -0.954. The van der Waals surface area contributed by atoms with Crippen LogP contribution in [0.2, 0.25) is 0 Å². The number of likely N-dealkylation sites (N-methyl/N-ethyl adjacent to an activating group) is 1. The summed E-state index contributed by atoms with van der Waals surface area (Å²) in [6, 6.07) is 0. The fourth-order valence-electron chi connectivity index (χ4n) is 2.84. The van der Waals surface area contributed by atoms with Gasteiger partial charge in [0.1, 0.15) is 11.5 Å². The van der Waals surface area contributed by atoms with E-state index in [9.17, 15) is 5.11 Å². The third kappa shape index (κ3) is 8.45. The van der Waals surface area contributed by atoms with Crippen molar-refractivity contribution in [2.75, 3.05) is 20.2 Å². The maximum atomic E-state index is 10.7. The number of aliphatic hydroxyl groups is 1. The molecule has 2 unspecified atom stereocenters. The molecule has 0 saturated carbocycles. The summed E-state index contributed by atoms with van der Waals surface area (Å²) in [7, 11) is 1.88. The molecule has 0 radical (unpaired) electrons. The van der Waals surface area contributed by atoms with Gasteiger partial charge in [0, 0.05) is 11.8 Å². The maximum Gasteiger partial charge on any atom is 0.268 e. The number of rotatable bonds is 15. The van der Waals surface area contributed by atoms with Crippen molar-refractivity contribution in [3.63, 3.8) is 0 Å². The zero-order valence-corrected chi connectivity index (χ0v) is 19.2. The highest BCUT2D eigenvalue weighted by Gasteiger charge is 2.26. The second-order valence-electron chi connectivity index (χ2n) is 7.39. The first-order valence-corrected chi connectivity index (χ1v) is 11.4. The Labute approximate surface area is 174 Å². The summed E-state index contributed by atoms with van der Waals surface area (Å²) in [6.45, 7) is 12.1. The van der Waals surface area contributed by atoms with E-state index in [-0.39, 0.29) is 0 Å². The average Bonchev–Trinajstić information content (AvgIpc) is 3.07. The summed E-state index contributed by atoms with van der Waals surface area (Å²) in [5.41, 5.74) is 1.27. The molecular formula is C21H39N3O3S. The zero-order valence-electron chi connectivity index (χ0n) is 18.4. The van der Waals surface area contributed by atoms with Gasteiger partial charge in [-0.3, -0.25) is 0 Å². The van der Waals surface area contributed by atoms with Crippen molar-refractivity contribution in [1.82, 2.24) is 15.8 Å². The van der Waals surface area contributed by atoms with Gasteiger partial charge in [-0.2, -0.15) is 0 Å². The van der Waals surface area contributed by atoms with Crippen LogP contribution in [0.1, 0.15) is 78.7 Å². The van der Waals surface area contributed by atoms with Crippen molar-refractivity contribution in [1.29, 1.82) is 0 Å². The Balaban J connectivity index is 2.99. The lowest BCUT2D eigenvalue weighted by Gasteiger charge is -2.16. The first kappa shape index (κ1) is 24.9. The van der Waals surface area contributed by atoms with Crippen LogP contribution in [-0.2, 0) is 0 Å². The molecular weight excluding hydrogens is 374 g/mol. The second-order valence-corrected chi connectivity index (χ2v) is 8.70. The van der Waals surface area contributed by atoms with Crippen molar-refractivity contribution in [2.45, 2.75) is 83.1 Å². The van der Waals surface area contributed by atoms with Gasteiger partial charge in [-0.1, -0.05) is 46.6 Å². The molecule has 0 spiro atoms. The van der Waals surface area contributed by atoms with Crippen LogP contribution in [0.5, 0.6) is 5.88 Å². The molecule has 1 aromatic heterocycles. The summed E-state index contributed by atoms with van der Waals surface area (Å²) < 4.78 is 11.3. The first-order chi connectivity index (χ1) is 13.5. The van der Waals surface area contributed by atoms with E-state index in [0.717, 1.165) is 43.5 Å². The molecule has 28 heavy (non-hydrogen) atoms. The van der Waals surface area contributed by atoms with Gasteiger partial charge in [0.15, 0.2) is 6.23 Å². The number of nitrogens with zero attached hydrogens (tertiary/aromatic N) is 1. The summed E-state index contributed by atoms with van der Waals surface area (Å²) in [4.78, 5) is 0.798. The lowest BCUT2D eigenvalue weighted by molar-refractivity contribution is 0.116. The highest BCUT2D eigenvalue weighted by Crippen LogP contribution is 2.39. The van der Waals surface area contributed by atoms with Gasteiger partial charge < -0.3 is 25.0 Å². The maximum absolute atomic E-state index is 10.7. The minimum Gasteiger partial charge on any atom is -0.473 e. The molecule has 7 heteroatoms. The van der Waals surface area contributed by atoms with E-state index in [1.807, 2.05) is 13.2 Å². The molecule has 0 amide bonds. The van der Waals surface area contributed by atoms with E-state index in [0.29, 0.717) is 29.4 Å². The largest absolute Gasteiger partial charge is 0.473 e. The summed E-state index contributed by atoms with van der Waals surface area (Å²) in [6.07, 6.45) is 6.15. The Morgan fingerprint density at radius 3 is 2.64 bits per heavy atom. The molecule has 0 aliphatic heterocycles. The number of nitrogens with one attached hydrogen (secondary N) is 2. The van der Waals surface area contributed by atoms with Gasteiger partial charge >= 0.3 is 0 Å². The molecule has 0 aliphatic rings. The van der Waals surface area contributed by atoms with Crippen molar-refractivity contribution < 1.29 is 14.4 Å². The fourth-order valence-corrected chi connectivity index (χ4v) is 4.16. The highest BCUT2D eigenvalue weighted by atomic mass is 32.2. The molecule has 1 aromatic rings. The number of allylic oxidation sites excluding steroid dienone is 1. The van der Waals surface area contributed by atoms with Crippen LogP contribution in [0.3, 0.4) is 0 Å². The van der Waals surface area contributed by atoms with Gasteiger partial charge in [-0.15, -0.1) is 11.8 Å². The van der Waals surface area contributed by atoms with Gasteiger partial charge in [-0.25, -0.2) is 0 Å². The van der Waals surface area contributed by atoms with Crippen LogP contribution >= 0.6 is 11.8 Å². The average molecular weight is 414 g/mol. The number of aromatic nitrogens is 1. The van der Waals surface area contributed by atoms with Gasteiger partial charge in [0.05, 0.1) is 0 Å². The normalized spacial score (nSPS) is 14.4. The van der Waals surface area contributed by atoms with Gasteiger partial charge in [0.2, 0.25) is 5.76 Å². The quantitative estimate of drug-likeness (QED) is 0.215. The number of aliphatic hydroxyl groups excluding tert-OH is 1. The third-order valence-corrected chi connectivity index (χ3v) is 5.92. The van der Waals surface area contributed by atoms with Gasteiger partial charge in [0.25, 0.3) is 5.88 Å². The molecule has 2 atom stereocenters. The Morgan fingerprint density at radius 1 is 1.32 bits per heavy atom. The zero-order chi connectivity index (χ0) is 20.9. The van der Waals surface area contributed by atoms with E-state index in [2.05, 4.69) is 50.4 Å². The van der Waals surface area contributed by atoms with E-state index in [4.69, 9.17) is 9.26 Å². The molecule has 1 heterocycles. The molecule has 6 nitrogen and oxygen atoms in total. The van der Waals surface area contributed by atoms with Crippen LogP contribution in [0.25, 0.3) is 0 Å². The summed E-state index contributed by atoms with van der Waals surface area (Å²) in [5, 5.41) is 21.4. The molecule has 3 N–H and O–H groups in total. The predicted octanol–water partition coefficient (Wildman–Crippen LogP) is 4.86. The number of hydrogen-bond donors (Lipinski definition) is 3. The smallest absolute Gasteiger partial charge is 0.268 e.